The van der Waals surface area contributed by atoms with E-state index in [-0.39, 0.29) is 11.3 Å². The Labute approximate surface area is 103 Å². The minimum atomic E-state index is -1.26. The standard InChI is InChI=1S/C14H9NO3/c15-8-11(14(17)18)6-9-2-1-3-10-7-12(16)4-5-13(9)10/h1-7,16H,(H,17,18). The summed E-state index contributed by atoms with van der Waals surface area (Å²) in [7, 11) is 0. The second-order valence-electron chi connectivity index (χ2n) is 3.73. The number of fused-ring (bicyclic) bond motifs is 1. The second-order valence-corrected chi connectivity index (χ2v) is 3.73. The molecule has 4 heteroatoms. The molecule has 0 amide bonds. The van der Waals surface area contributed by atoms with Gasteiger partial charge < -0.3 is 10.2 Å². The molecule has 2 N–H and O–H groups in total. The number of nitriles is 1. The number of hydrogen-bond donors (Lipinski definition) is 2. The molecule has 0 aromatic heterocycles. The number of hydrogen-bond acceptors (Lipinski definition) is 3. The van der Waals surface area contributed by atoms with E-state index in [4.69, 9.17) is 10.4 Å². The molecule has 0 aliphatic carbocycles. The van der Waals surface area contributed by atoms with E-state index in [2.05, 4.69) is 0 Å². The van der Waals surface area contributed by atoms with Crippen molar-refractivity contribution in [2.24, 2.45) is 0 Å². The maximum absolute atomic E-state index is 10.8. The van der Waals surface area contributed by atoms with Crippen LogP contribution in [-0.4, -0.2) is 16.2 Å². The third kappa shape index (κ3) is 2.15. The van der Waals surface area contributed by atoms with Gasteiger partial charge in [-0.2, -0.15) is 5.26 Å². The van der Waals surface area contributed by atoms with Crippen LogP contribution in [0.1, 0.15) is 5.56 Å². The molecule has 88 valence electrons. The number of carbonyl (C=O) groups is 1. The molecule has 0 unspecified atom stereocenters. The van der Waals surface area contributed by atoms with E-state index in [1.165, 1.54) is 12.1 Å². The molecular formula is C14H9NO3. The predicted molar refractivity (Wildman–Crippen MR) is 66.8 cm³/mol. The molecule has 18 heavy (non-hydrogen) atoms. The molecule has 0 radical (unpaired) electrons. The van der Waals surface area contributed by atoms with Gasteiger partial charge in [0.15, 0.2) is 0 Å². The van der Waals surface area contributed by atoms with E-state index >= 15 is 0 Å². The molecule has 4 nitrogen and oxygen atoms in total. The van der Waals surface area contributed by atoms with Crippen LogP contribution in [0.4, 0.5) is 0 Å². The van der Waals surface area contributed by atoms with Gasteiger partial charge in [-0.25, -0.2) is 4.79 Å². The Balaban J connectivity index is 2.66. The summed E-state index contributed by atoms with van der Waals surface area (Å²) in [5.74, 6) is -1.12. The van der Waals surface area contributed by atoms with Gasteiger partial charge >= 0.3 is 5.97 Å². The Morgan fingerprint density at radius 3 is 2.72 bits per heavy atom. The number of aliphatic carboxylic acids is 1. The first kappa shape index (κ1) is 11.7. The second kappa shape index (κ2) is 4.60. The zero-order chi connectivity index (χ0) is 13.1. The number of phenols is 1. The Morgan fingerprint density at radius 2 is 2.06 bits per heavy atom. The lowest BCUT2D eigenvalue weighted by atomic mass is 10.0. The van der Waals surface area contributed by atoms with Crippen LogP contribution in [-0.2, 0) is 4.79 Å². The Kier molecular flexibility index (Phi) is 2.98. The predicted octanol–water partition coefficient (Wildman–Crippen LogP) is 2.54. The van der Waals surface area contributed by atoms with Gasteiger partial charge in [-0.05, 0) is 34.5 Å². The van der Waals surface area contributed by atoms with Crippen molar-refractivity contribution >= 4 is 22.8 Å². The average molecular weight is 239 g/mol. The monoisotopic (exact) mass is 239 g/mol. The lowest BCUT2D eigenvalue weighted by Crippen LogP contribution is -1.97. The molecule has 0 saturated carbocycles. The van der Waals surface area contributed by atoms with Crippen LogP contribution in [0, 0.1) is 11.3 Å². The van der Waals surface area contributed by atoms with Crippen molar-refractivity contribution < 1.29 is 15.0 Å². The summed E-state index contributed by atoms with van der Waals surface area (Å²) in [4.78, 5) is 10.8. The Morgan fingerprint density at radius 1 is 1.28 bits per heavy atom. The van der Waals surface area contributed by atoms with Gasteiger partial charge in [-0.3, -0.25) is 0 Å². The van der Waals surface area contributed by atoms with Crippen LogP contribution in [0.15, 0.2) is 42.0 Å². The summed E-state index contributed by atoms with van der Waals surface area (Å²) in [6, 6.07) is 11.7. The Bertz CT molecular complexity index is 696. The molecule has 2 aromatic carbocycles. The first-order chi connectivity index (χ1) is 8.61. The van der Waals surface area contributed by atoms with Crippen LogP contribution >= 0.6 is 0 Å². The maximum atomic E-state index is 10.8. The SMILES string of the molecule is N#CC(=Cc1cccc2cc(O)ccc12)C(=O)O. The fourth-order valence-corrected chi connectivity index (χ4v) is 1.72. The summed E-state index contributed by atoms with van der Waals surface area (Å²) < 4.78 is 0. The van der Waals surface area contributed by atoms with Crippen molar-refractivity contribution in [1.29, 1.82) is 5.26 Å². The van der Waals surface area contributed by atoms with E-state index in [9.17, 15) is 9.90 Å². The first-order valence-corrected chi connectivity index (χ1v) is 5.18. The number of rotatable bonds is 2. The van der Waals surface area contributed by atoms with Crippen molar-refractivity contribution in [2.45, 2.75) is 0 Å². The highest BCUT2D eigenvalue weighted by molar-refractivity contribution is 6.00. The van der Waals surface area contributed by atoms with Crippen LogP contribution in [0.2, 0.25) is 0 Å². The Hall–Kier alpha value is -2.80. The molecule has 0 saturated heterocycles. The minimum Gasteiger partial charge on any atom is -0.508 e. The molecule has 0 aliphatic rings. The number of carboxylic acid groups (broad SMARTS) is 1. The van der Waals surface area contributed by atoms with Crippen molar-refractivity contribution in [1.82, 2.24) is 0 Å². The summed E-state index contributed by atoms with van der Waals surface area (Å²) in [5.41, 5.74) is 0.307. The third-order valence-electron chi connectivity index (χ3n) is 2.55. The van der Waals surface area contributed by atoms with Crippen molar-refractivity contribution in [3.8, 4) is 11.8 Å². The molecule has 0 heterocycles. The quantitative estimate of drug-likeness (QED) is 0.623. The van der Waals surface area contributed by atoms with Gasteiger partial charge in [0, 0.05) is 0 Å². The minimum absolute atomic E-state index is 0.141. The fourth-order valence-electron chi connectivity index (χ4n) is 1.72. The van der Waals surface area contributed by atoms with E-state index in [1.807, 2.05) is 0 Å². The smallest absolute Gasteiger partial charge is 0.346 e. The van der Waals surface area contributed by atoms with Crippen LogP contribution in [0.25, 0.3) is 16.8 Å². The maximum Gasteiger partial charge on any atom is 0.346 e. The third-order valence-corrected chi connectivity index (χ3v) is 2.55. The summed E-state index contributed by atoms with van der Waals surface area (Å²) in [5, 5.41) is 28.5. The number of phenolic OH excluding ortho intramolecular Hbond substituents is 1. The van der Waals surface area contributed by atoms with Crippen LogP contribution in [0.3, 0.4) is 0 Å². The summed E-state index contributed by atoms with van der Waals surface area (Å²) in [6.45, 7) is 0. The van der Waals surface area contributed by atoms with E-state index in [0.29, 0.717) is 5.56 Å². The number of benzene rings is 2. The molecular weight excluding hydrogens is 230 g/mol. The number of carboxylic acids is 1. The molecule has 0 fully saturated rings. The molecule has 0 atom stereocenters. The van der Waals surface area contributed by atoms with Crippen molar-refractivity contribution in [2.75, 3.05) is 0 Å². The van der Waals surface area contributed by atoms with E-state index in [1.54, 1.807) is 36.4 Å². The van der Waals surface area contributed by atoms with Gasteiger partial charge in [0.25, 0.3) is 0 Å². The zero-order valence-corrected chi connectivity index (χ0v) is 9.29. The highest BCUT2D eigenvalue weighted by atomic mass is 16.4. The van der Waals surface area contributed by atoms with Gasteiger partial charge in [0.2, 0.25) is 0 Å². The lowest BCUT2D eigenvalue weighted by Gasteiger charge is -2.03. The lowest BCUT2D eigenvalue weighted by molar-refractivity contribution is -0.132. The molecule has 0 aliphatic heterocycles. The van der Waals surface area contributed by atoms with Crippen LogP contribution in [0.5, 0.6) is 5.75 Å². The summed E-state index contributed by atoms with van der Waals surface area (Å²) >= 11 is 0. The van der Waals surface area contributed by atoms with Gasteiger partial charge in [0.05, 0.1) is 0 Å². The van der Waals surface area contributed by atoms with Crippen molar-refractivity contribution in [3.05, 3.63) is 47.5 Å². The largest absolute Gasteiger partial charge is 0.508 e. The molecule has 2 aromatic rings. The van der Waals surface area contributed by atoms with Gasteiger partial charge in [-0.15, -0.1) is 0 Å². The number of nitrogens with zero attached hydrogens (tertiary/aromatic N) is 1. The number of aromatic hydroxyl groups is 1. The highest BCUT2D eigenvalue weighted by Crippen LogP contribution is 2.24. The average Bonchev–Trinajstić information content (AvgIpc) is 2.35. The van der Waals surface area contributed by atoms with Gasteiger partial charge in [-0.1, -0.05) is 24.3 Å². The summed E-state index contributed by atoms with van der Waals surface area (Å²) in [6.07, 6.45) is 1.32. The molecule has 2 rings (SSSR count). The molecule has 0 spiro atoms. The zero-order valence-electron chi connectivity index (χ0n) is 9.29. The van der Waals surface area contributed by atoms with Crippen LogP contribution < -0.4 is 0 Å². The molecule has 0 bridgehead atoms. The van der Waals surface area contributed by atoms with Gasteiger partial charge in [0.1, 0.15) is 17.4 Å². The van der Waals surface area contributed by atoms with E-state index < -0.39 is 5.97 Å². The first-order valence-electron chi connectivity index (χ1n) is 5.18. The topological polar surface area (TPSA) is 81.3 Å². The normalized spacial score (nSPS) is 11.2. The van der Waals surface area contributed by atoms with E-state index in [0.717, 1.165) is 10.8 Å². The highest BCUT2D eigenvalue weighted by Gasteiger charge is 2.07. The van der Waals surface area contributed by atoms with Crippen molar-refractivity contribution in [3.63, 3.8) is 0 Å². The fraction of sp³-hybridized carbons (Fsp3) is 0.